The van der Waals surface area contributed by atoms with E-state index in [1.165, 1.54) is 19.2 Å². The van der Waals surface area contributed by atoms with Crippen LogP contribution in [-0.4, -0.2) is 70.0 Å². The second-order valence-corrected chi connectivity index (χ2v) is 9.69. The molecule has 10 heteroatoms. The fraction of sp³-hybridized carbons (Fsp3) is 0.643. The molecule has 0 spiro atoms. The molecule has 1 saturated heterocycles. The van der Waals surface area contributed by atoms with Crippen LogP contribution in [0.4, 0.5) is 18.4 Å². The third-order valence-corrected chi connectivity index (χ3v) is 6.80. The highest BCUT2D eigenvalue weighted by Gasteiger charge is 2.33. The quantitative estimate of drug-likeness (QED) is 0.205. The average molecular weight is 539 g/mol. The van der Waals surface area contributed by atoms with Crippen LogP contribution >= 0.6 is 0 Å². The molecule has 214 valence electrons. The van der Waals surface area contributed by atoms with Crippen molar-refractivity contribution in [2.24, 2.45) is 5.92 Å². The maximum Gasteiger partial charge on any atom is 0.406 e. The van der Waals surface area contributed by atoms with Crippen molar-refractivity contribution in [1.29, 1.82) is 0 Å². The number of alkyl carbamates (subject to hydrolysis) is 1. The number of carbonyl (C=O) groups is 2. The summed E-state index contributed by atoms with van der Waals surface area (Å²) < 4.78 is 39.4. The Balaban J connectivity index is 2.02. The van der Waals surface area contributed by atoms with Gasteiger partial charge in [0.15, 0.2) is 11.6 Å². The highest BCUT2D eigenvalue weighted by molar-refractivity contribution is 5.74. The zero-order valence-corrected chi connectivity index (χ0v) is 22.8. The van der Waals surface area contributed by atoms with Crippen molar-refractivity contribution in [3.05, 3.63) is 48.1 Å². The smallest absolute Gasteiger partial charge is 0.406 e. The van der Waals surface area contributed by atoms with Gasteiger partial charge in [-0.05, 0) is 45.2 Å². The van der Waals surface area contributed by atoms with E-state index in [1.807, 2.05) is 13.1 Å². The van der Waals surface area contributed by atoms with Gasteiger partial charge in [0, 0.05) is 43.7 Å². The fourth-order valence-corrected chi connectivity index (χ4v) is 4.84. The number of allylic oxidation sites excluding steroid dienone is 1. The van der Waals surface area contributed by atoms with Gasteiger partial charge in [0.25, 0.3) is 0 Å². The van der Waals surface area contributed by atoms with Crippen LogP contribution in [0.5, 0.6) is 0 Å². The molecule has 1 aromatic rings. The minimum atomic E-state index is -0.956. The van der Waals surface area contributed by atoms with Crippen molar-refractivity contribution in [1.82, 2.24) is 20.9 Å². The number of amides is 3. The summed E-state index contributed by atoms with van der Waals surface area (Å²) in [4.78, 5) is 26.3. The Kier molecular flexibility index (Phi) is 14.7. The Morgan fingerprint density at radius 1 is 1.24 bits per heavy atom. The molecule has 1 aliphatic heterocycles. The van der Waals surface area contributed by atoms with Crippen LogP contribution in [0.3, 0.4) is 0 Å². The molecule has 1 aliphatic rings. The zero-order valence-electron chi connectivity index (χ0n) is 22.8. The monoisotopic (exact) mass is 538 g/mol. The first-order valence-electron chi connectivity index (χ1n) is 13.6. The number of urea groups is 1. The Bertz CT molecular complexity index is 873. The molecule has 1 heterocycles. The first-order valence-corrected chi connectivity index (χ1v) is 13.6. The summed E-state index contributed by atoms with van der Waals surface area (Å²) in [5, 5.41) is 8.83. The van der Waals surface area contributed by atoms with Gasteiger partial charge >= 0.3 is 12.1 Å². The lowest BCUT2D eigenvalue weighted by Gasteiger charge is -2.38. The number of rotatable bonds is 16. The highest BCUT2D eigenvalue weighted by atomic mass is 19.2. The Morgan fingerprint density at radius 3 is 2.76 bits per heavy atom. The van der Waals surface area contributed by atoms with Crippen LogP contribution in [0.1, 0.15) is 63.0 Å². The van der Waals surface area contributed by atoms with E-state index in [1.54, 1.807) is 4.90 Å². The molecule has 2 rings (SSSR count). The summed E-state index contributed by atoms with van der Waals surface area (Å²) in [5.74, 6) is -2.15. The van der Waals surface area contributed by atoms with Gasteiger partial charge in [-0.1, -0.05) is 37.5 Å². The van der Waals surface area contributed by atoms with E-state index in [0.717, 1.165) is 51.0 Å². The van der Waals surface area contributed by atoms with E-state index in [9.17, 15) is 18.4 Å². The van der Waals surface area contributed by atoms with Crippen LogP contribution in [-0.2, 0) is 9.47 Å². The number of hydrogen-bond donors (Lipinski definition) is 3. The molecule has 3 atom stereocenters. The number of methoxy groups -OCH3 is 1. The molecule has 0 aromatic heterocycles. The van der Waals surface area contributed by atoms with E-state index in [0.29, 0.717) is 26.1 Å². The van der Waals surface area contributed by atoms with Crippen molar-refractivity contribution in [2.45, 2.75) is 63.5 Å². The molecular formula is C28H44F2N4O4. The normalized spacial score (nSPS) is 16.9. The van der Waals surface area contributed by atoms with Crippen molar-refractivity contribution < 1.29 is 27.8 Å². The summed E-state index contributed by atoms with van der Waals surface area (Å²) in [7, 11) is 3.12. The summed E-state index contributed by atoms with van der Waals surface area (Å²) in [6.45, 7) is 5.59. The summed E-state index contributed by atoms with van der Waals surface area (Å²) in [5.41, 5.74) is 0.111. The van der Waals surface area contributed by atoms with Gasteiger partial charge in [-0.25, -0.2) is 18.4 Å². The molecule has 1 fully saturated rings. The minimum Gasteiger partial charge on any atom is -0.453 e. The molecule has 0 aliphatic carbocycles. The SMILES string of the molecule is C=CCCCCCC[C@@H](CNC)NC(=O)N1CCC[C@@H]([C@@H](OCCNC(=O)OC)c2cccc(F)c2F)C1. The number of unbranched alkanes of at least 4 members (excludes halogenated alkanes) is 4. The lowest BCUT2D eigenvalue weighted by Crippen LogP contribution is -2.51. The van der Waals surface area contributed by atoms with E-state index in [2.05, 4.69) is 27.3 Å². The maximum absolute atomic E-state index is 14.8. The van der Waals surface area contributed by atoms with E-state index in [4.69, 9.17) is 4.74 Å². The number of benzene rings is 1. The number of carbonyl (C=O) groups excluding carboxylic acids is 2. The summed E-state index contributed by atoms with van der Waals surface area (Å²) in [6, 6.07) is 3.87. The van der Waals surface area contributed by atoms with Crippen LogP contribution in [0.2, 0.25) is 0 Å². The molecule has 3 amide bonds. The largest absolute Gasteiger partial charge is 0.453 e. The van der Waals surface area contributed by atoms with Crippen LogP contribution < -0.4 is 16.0 Å². The van der Waals surface area contributed by atoms with Crippen LogP contribution in [0.25, 0.3) is 0 Å². The molecular weight excluding hydrogens is 494 g/mol. The molecule has 0 radical (unpaired) electrons. The molecule has 1 aromatic carbocycles. The Hall–Kier alpha value is -2.72. The number of nitrogens with zero attached hydrogens (tertiary/aromatic N) is 1. The topological polar surface area (TPSA) is 91.9 Å². The predicted octanol–water partition coefficient (Wildman–Crippen LogP) is 4.91. The van der Waals surface area contributed by atoms with Gasteiger partial charge in [-0.15, -0.1) is 6.58 Å². The van der Waals surface area contributed by atoms with Crippen LogP contribution in [0, 0.1) is 17.6 Å². The van der Waals surface area contributed by atoms with Gasteiger partial charge in [0.2, 0.25) is 0 Å². The van der Waals surface area contributed by atoms with E-state index in [-0.39, 0.29) is 36.7 Å². The number of hydrogen-bond acceptors (Lipinski definition) is 5. The Morgan fingerprint density at radius 2 is 2.03 bits per heavy atom. The van der Waals surface area contributed by atoms with Crippen molar-refractivity contribution in [3.8, 4) is 0 Å². The molecule has 0 bridgehead atoms. The van der Waals surface area contributed by atoms with Gasteiger partial charge in [0.05, 0.1) is 19.8 Å². The fourth-order valence-electron chi connectivity index (χ4n) is 4.84. The Labute approximate surface area is 225 Å². The molecule has 3 N–H and O–H groups in total. The number of ether oxygens (including phenoxy) is 2. The second kappa shape index (κ2) is 17.7. The molecule has 38 heavy (non-hydrogen) atoms. The lowest BCUT2D eigenvalue weighted by molar-refractivity contribution is -0.0109. The summed E-state index contributed by atoms with van der Waals surface area (Å²) in [6.07, 6.45) is 8.30. The molecule has 0 saturated carbocycles. The highest BCUT2D eigenvalue weighted by Crippen LogP contribution is 2.34. The number of likely N-dealkylation sites (N-methyl/N-ethyl adjacent to an activating group) is 1. The standard InChI is InChI=1S/C28H44F2N4O4/c1-4-5-6-7-8-9-13-22(19-31-2)33-27(35)34-17-11-12-21(20-34)26(38-18-16-32-28(36)37-3)23-14-10-15-24(29)25(23)30/h4,10,14-15,21-22,26,31H,1,5-9,11-13,16-20H2,2-3H3,(H,32,36)(H,33,35)/t21-,22+,26-/m1/s1. The maximum atomic E-state index is 14.8. The van der Waals surface area contributed by atoms with Crippen molar-refractivity contribution >= 4 is 12.1 Å². The van der Waals surface area contributed by atoms with Gasteiger partial charge in [-0.3, -0.25) is 0 Å². The average Bonchev–Trinajstić information content (AvgIpc) is 2.92. The number of piperidine rings is 1. The lowest BCUT2D eigenvalue weighted by atomic mass is 9.88. The number of likely N-dealkylation sites (tertiary alicyclic amines) is 1. The zero-order chi connectivity index (χ0) is 27.8. The van der Waals surface area contributed by atoms with Crippen LogP contribution in [0.15, 0.2) is 30.9 Å². The third-order valence-electron chi connectivity index (χ3n) is 6.80. The van der Waals surface area contributed by atoms with Gasteiger partial charge in [-0.2, -0.15) is 0 Å². The number of halogens is 2. The van der Waals surface area contributed by atoms with Gasteiger partial charge in [0.1, 0.15) is 0 Å². The second-order valence-electron chi connectivity index (χ2n) is 9.69. The van der Waals surface area contributed by atoms with E-state index < -0.39 is 23.8 Å². The first-order chi connectivity index (χ1) is 18.4. The summed E-state index contributed by atoms with van der Waals surface area (Å²) >= 11 is 0. The van der Waals surface area contributed by atoms with Crippen molar-refractivity contribution in [3.63, 3.8) is 0 Å². The number of nitrogens with one attached hydrogen (secondary N) is 3. The molecule has 0 unspecified atom stereocenters. The minimum absolute atomic E-state index is 0.00406. The van der Waals surface area contributed by atoms with E-state index >= 15 is 0 Å². The molecule has 8 nitrogen and oxygen atoms in total. The first kappa shape index (κ1) is 31.5. The van der Waals surface area contributed by atoms with Gasteiger partial charge < -0.3 is 30.3 Å². The third kappa shape index (κ3) is 10.6. The van der Waals surface area contributed by atoms with Crippen molar-refractivity contribution in [2.75, 3.05) is 46.9 Å². The predicted molar refractivity (Wildman–Crippen MR) is 144 cm³/mol.